The molecular formula is C30H37F3N3O+. The van der Waals surface area contributed by atoms with E-state index in [0.29, 0.717) is 5.56 Å². The van der Waals surface area contributed by atoms with Crippen LogP contribution in [0.2, 0.25) is 0 Å². The van der Waals surface area contributed by atoms with E-state index < -0.39 is 17.2 Å². The zero-order chi connectivity index (χ0) is 27.8. The van der Waals surface area contributed by atoms with Gasteiger partial charge in [0, 0.05) is 22.2 Å². The van der Waals surface area contributed by atoms with Crippen LogP contribution < -0.4 is 10.8 Å². The van der Waals surface area contributed by atoms with Crippen molar-refractivity contribution < 1.29 is 23.4 Å². The molecule has 0 aliphatic rings. The highest BCUT2D eigenvalue weighted by Gasteiger charge is 2.34. The van der Waals surface area contributed by atoms with Crippen molar-refractivity contribution in [3.8, 4) is 5.75 Å². The van der Waals surface area contributed by atoms with E-state index in [0.717, 1.165) is 29.7 Å². The van der Waals surface area contributed by atoms with Crippen LogP contribution in [0.15, 0.2) is 65.8 Å². The van der Waals surface area contributed by atoms with Gasteiger partial charge in [0.15, 0.2) is 11.4 Å². The van der Waals surface area contributed by atoms with E-state index >= 15 is 0 Å². The maximum Gasteiger partial charge on any atom is 0.416 e. The van der Waals surface area contributed by atoms with Crippen molar-refractivity contribution in [2.45, 2.75) is 71.9 Å². The monoisotopic (exact) mass is 512 g/mol. The quantitative estimate of drug-likeness (QED) is 0.236. The first-order chi connectivity index (χ1) is 16.9. The fraction of sp³-hybridized carbons (Fsp3) is 0.400. The number of halogens is 3. The molecule has 0 heterocycles. The molecule has 7 heteroatoms. The largest absolute Gasteiger partial charge is 0.505 e. The Morgan fingerprint density at radius 2 is 1.43 bits per heavy atom. The average molecular weight is 513 g/mol. The van der Waals surface area contributed by atoms with Crippen LogP contribution in [-0.2, 0) is 17.0 Å². The van der Waals surface area contributed by atoms with Crippen molar-refractivity contribution in [1.29, 1.82) is 0 Å². The molecule has 0 radical (unpaired) electrons. The van der Waals surface area contributed by atoms with Crippen LogP contribution in [0.4, 0.5) is 30.2 Å². The number of nitrogens with zero attached hydrogens (tertiary/aromatic N) is 1. The molecule has 0 unspecified atom stereocenters. The van der Waals surface area contributed by atoms with E-state index in [2.05, 4.69) is 44.8 Å². The molecule has 0 aromatic heterocycles. The molecule has 4 N–H and O–H groups in total. The lowest BCUT2D eigenvalue weighted by Crippen LogP contribution is -2.57. The Morgan fingerprint density at radius 1 is 0.811 bits per heavy atom. The van der Waals surface area contributed by atoms with Gasteiger partial charge in [-0.25, -0.2) is 0 Å². The number of rotatable bonds is 6. The van der Waals surface area contributed by atoms with E-state index in [1.165, 1.54) is 6.07 Å². The second-order valence-corrected chi connectivity index (χ2v) is 12.0. The molecule has 0 aliphatic heterocycles. The van der Waals surface area contributed by atoms with Crippen molar-refractivity contribution >= 4 is 17.1 Å². The average Bonchev–Trinajstić information content (AvgIpc) is 2.77. The number of phenols is 1. The molecule has 198 valence electrons. The first kappa shape index (κ1) is 28.2. The zero-order valence-electron chi connectivity index (χ0n) is 22.6. The minimum Gasteiger partial charge on any atom is -0.505 e. The van der Waals surface area contributed by atoms with Gasteiger partial charge >= 0.3 is 6.18 Å². The number of hydrogen-bond donors (Lipinski definition) is 3. The van der Waals surface area contributed by atoms with Gasteiger partial charge in [0.1, 0.15) is 5.69 Å². The second-order valence-electron chi connectivity index (χ2n) is 12.0. The zero-order valence-corrected chi connectivity index (χ0v) is 22.6. The predicted octanol–water partition coefficient (Wildman–Crippen LogP) is 7.53. The number of alkyl halides is 3. The molecule has 0 spiro atoms. The van der Waals surface area contributed by atoms with Gasteiger partial charge in [-0.3, -0.25) is 0 Å². The number of hydrogen-bond acceptors (Lipinski definition) is 3. The Bertz CT molecular complexity index is 1290. The minimum absolute atomic E-state index is 0.0115. The van der Waals surface area contributed by atoms with Crippen LogP contribution in [0.25, 0.3) is 0 Å². The lowest BCUT2D eigenvalue weighted by atomic mass is 9.70. The summed E-state index contributed by atoms with van der Waals surface area (Å²) in [5.74, 6) is -0.0396. The number of benzene rings is 3. The summed E-state index contributed by atoms with van der Waals surface area (Å²) in [6, 6.07) is 16.7. The van der Waals surface area contributed by atoms with Gasteiger partial charge in [0.25, 0.3) is 5.69 Å². The van der Waals surface area contributed by atoms with Crippen LogP contribution in [0.1, 0.15) is 77.1 Å². The van der Waals surface area contributed by atoms with E-state index in [4.69, 9.17) is 5.73 Å². The van der Waals surface area contributed by atoms with E-state index in [-0.39, 0.29) is 33.6 Å². The summed E-state index contributed by atoms with van der Waals surface area (Å²) in [5.41, 5.74) is 7.30. The van der Waals surface area contributed by atoms with Crippen molar-refractivity contribution in [2.24, 2.45) is 10.5 Å². The summed E-state index contributed by atoms with van der Waals surface area (Å²) in [6.45, 7) is 14.9. The van der Waals surface area contributed by atoms with Crippen LogP contribution in [-0.4, -0.2) is 5.11 Å². The third kappa shape index (κ3) is 6.51. The Hall–Kier alpha value is -3.35. The van der Waals surface area contributed by atoms with Crippen LogP contribution >= 0.6 is 0 Å². The molecule has 0 bridgehead atoms. The van der Waals surface area contributed by atoms with Gasteiger partial charge in [-0.05, 0) is 46.6 Å². The summed E-state index contributed by atoms with van der Waals surface area (Å²) in [6.07, 6.45) is -3.65. The topological polar surface area (TPSA) is 72.6 Å². The summed E-state index contributed by atoms with van der Waals surface area (Å²) >= 11 is 0. The molecule has 0 fully saturated rings. The highest BCUT2D eigenvalue weighted by molar-refractivity contribution is 5.62. The summed E-state index contributed by atoms with van der Waals surface area (Å²) in [5, 5.41) is 18.4. The van der Waals surface area contributed by atoms with E-state index in [1.807, 2.05) is 50.2 Å². The third-order valence-corrected chi connectivity index (χ3v) is 6.69. The fourth-order valence-corrected chi connectivity index (χ4v) is 4.96. The number of nitrogen functional groups attached to an aromatic ring is 1. The van der Waals surface area contributed by atoms with Crippen molar-refractivity contribution in [2.75, 3.05) is 5.73 Å². The second kappa shape index (κ2) is 9.84. The molecule has 37 heavy (non-hydrogen) atoms. The smallest absolute Gasteiger partial charge is 0.416 e. The lowest BCUT2D eigenvalue weighted by Gasteiger charge is -2.35. The molecular weight excluding hydrogens is 475 g/mol. The van der Waals surface area contributed by atoms with E-state index in [9.17, 15) is 18.3 Å². The number of nitrogens with one attached hydrogen (secondary N) is 1. The molecule has 3 rings (SSSR count). The van der Waals surface area contributed by atoms with Crippen molar-refractivity contribution in [3.63, 3.8) is 0 Å². The van der Waals surface area contributed by atoms with Crippen LogP contribution in [0.3, 0.4) is 0 Å². The maximum absolute atomic E-state index is 13.3. The number of azo groups is 1. The van der Waals surface area contributed by atoms with Crippen molar-refractivity contribution in [1.82, 2.24) is 0 Å². The minimum atomic E-state index is -4.52. The predicted molar refractivity (Wildman–Crippen MR) is 142 cm³/mol. The number of nitrogens with two attached hydrogens (primary N) is 1. The molecule has 0 saturated heterocycles. The van der Waals surface area contributed by atoms with Crippen molar-refractivity contribution in [3.05, 3.63) is 82.9 Å². The van der Waals surface area contributed by atoms with Gasteiger partial charge in [-0.15, -0.1) is 0 Å². The molecule has 0 atom stereocenters. The van der Waals surface area contributed by atoms with Crippen LogP contribution in [0, 0.1) is 5.41 Å². The standard InChI is InChI=1S/C30H36F3N3O/c1-27(2,3)18-28(4,5)21-15-22(29(6,7)19-11-9-8-10-12-19)26(37)25(17-21)36-35-24-16-20(30(31,32)33)13-14-23(24)34/h8-17,37H,18,34H2,1-7H3/p+1. The first-order valence-electron chi connectivity index (χ1n) is 12.3. The van der Waals surface area contributed by atoms with Crippen LogP contribution in [0.5, 0.6) is 5.75 Å². The normalized spacial score (nSPS) is 13.4. The number of anilines is 1. The Morgan fingerprint density at radius 3 is 2.00 bits per heavy atom. The van der Waals surface area contributed by atoms with E-state index in [1.54, 1.807) is 6.07 Å². The molecule has 3 aromatic carbocycles. The Kier molecular flexibility index (Phi) is 7.51. The lowest BCUT2D eigenvalue weighted by molar-refractivity contribution is -0.432. The van der Waals surface area contributed by atoms with Gasteiger partial charge in [-0.1, -0.05) is 90.0 Å². The molecule has 0 aliphatic carbocycles. The molecule has 0 amide bonds. The molecule has 3 aromatic rings. The van der Waals surface area contributed by atoms with Gasteiger partial charge in [0.05, 0.1) is 5.56 Å². The maximum atomic E-state index is 13.3. The molecule has 4 nitrogen and oxygen atoms in total. The highest BCUT2D eigenvalue weighted by Crippen LogP contribution is 2.46. The summed E-state index contributed by atoms with van der Waals surface area (Å²) in [7, 11) is 0. The third-order valence-electron chi connectivity index (χ3n) is 6.69. The summed E-state index contributed by atoms with van der Waals surface area (Å²) in [4.78, 5) is 0. The SMILES string of the molecule is CC(C)(C)CC(C)(C)c1cc(N=[NH+]c2cc(C(F)(F)F)ccc2N)c(O)c(C(C)(C)c2ccccc2)c1. The van der Waals surface area contributed by atoms with Gasteiger partial charge in [0.2, 0.25) is 0 Å². The first-order valence-corrected chi connectivity index (χ1v) is 12.3. The summed E-state index contributed by atoms with van der Waals surface area (Å²) < 4.78 is 39.8. The Balaban J connectivity index is 2.21. The number of phenolic OH excluding ortho intramolecular Hbond substituents is 1. The van der Waals surface area contributed by atoms with Gasteiger partial charge < -0.3 is 10.8 Å². The fourth-order valence-electron chi connectivity index (χ4n) is 4.96. The Labute approximate surface area is 217 Å². The van der Waals surface area contributed by atoms with Gasteiger partial charge in [-0.2, -0.15) is 13.2 Å². The highest BCUT2D eigenvalue weighted by atomic mass is 19.4. The molecule has 0 saturated carbocycles. The number of aromatic hydroxyl groups is 1.